The highest BCUT2D eigenvalue weighted by molar-refractivity contribution is 5.86. The van der Waals surface area contributed by atoms with Gasteiger partial charge in [0.25, 0.3) is 0 Å². The van der Waals surface area contributed by atoms with Crippen LogP contribution >= 0.6 is 0 Å². The molecule has 0 fully saturated rings. The number of anilines is 1. The van der Waals surface area contributed by atoms with Crippen molar-refractivity contribution < 1.29 is 19.4 Å². The third kappa shape index (κ3) is 3.94. The number of esters is 1. The van der Waals surface area contributed by atoms with Gasteiger partial charge in [0, 0.05) is 20.2 Å². The molecule has 0 aliphatic heterocycles. The number of rotatable bonds is 7. The molecule has 1 N–H and O–H groups in total. The third-order valence-corrected chi connectivity index (χ3v) is 2.30. The molecule has 0 amide bonds. The summed E-state index contributed by atoms with van der Waals surface area (Å²) in [5.41, 5.74) is 0.150. The van der Waals surface area contributed by atoms with Crippen molar-refractivity contribution in [3.05, 3.63) is 17.8 Å². The van der Waals surface area contributed by atoms with E-state index < -0.39 is 5.97 Å². The Balaban J connectivity index is 2.76. The molecular weight excluding hydrogens is 238 g/mol. The summed E-state index contributed by atoms with van der Waals surface area (Å²) in [4.78, 5) is 13.0. The Morgan fingerprint density at radius 3 is 2.61 bits per heavy atom. The van der Waals surface area contributed by atoms with E-state index in [1.807, 2.05) is 4.90 Å². The van der Waals surface area contributed by atoms with Crippen molar-refractivity contribution in [1.82, 2.24) is 10.2 Å². The van der Waals surface area contributed by atoms with Crippen LogP contribution in [0.2, 0.25) is 0 Å². The summed E-state index contributed by atoms with van der Waals surface area (Å²) in [7, 11) is 2.89. The van der Waals surface area contributed by atoms with E-state index in [0.717, 1.165) is 0 Å². The van der Waals surface area contributed by atoms with Crippen LogP contribution in [-0.2, 0) is 9.47 Å². The lowest BCUT2D eigenvalue weighted by molar-refractivity contribution is 0.0592. The van der Waals surface area contributed by atoms with Gasteiger partial charge in [-0.15, -0.1) is 10.2 Å². The van der Waals surface area contributed by atoms with Crippen LogP contribution in [0.15, 0.2) is 12.1 Å². The Bertz CT molecular complexity index is 369. The molecule has 0 atom stereocenters. The number of carbonyl (C=O) groups excluding carboxylic acids is 1. The molecule has 0 aliphatic carbocycles. The fourth-order valence-electron chi connectivity index (χ4n) is 1.37. The molecule has 1 aromatic heterocycles. The fraction of sp³-hybridized carbons (Fsp3) is 0.545. The van der Waals surface area contributed by atoms with Gasteiger partial charge in [-0.05, 0) is 12.1 Å². The lowest BCUT2D eigenvalue weighted by Gasteiger charge is -2.21. The molecule has 1 aromatic rings. The summed E-state index contributed by atoms with van der Waals surface area (Å²) in [6.45, 7) is 1.53. The molecule has 0 spiro atoms. The lowest BCUT2D eigenvalue weighted by Crippen LogP contribution is -2.31. The first-order valence-corrected chi connectivity index (χ1v) is 5.49. The molecule has 0 unspecified atom stereocenters. The Morgan fingerprint density at radius 2 is 2.11 bits per heavy atom. The highest BCUT2D eigenvalue weighted by atomic mass is 16.5. The number of nitrogens with zero attached hydrogens (tertiary/aromatic N) is 3. The van der Waals surface area contributed by atoms with Gasteiger partial charge >= 0.3 is 5.97 Å². The molecular formula is C11H17N3O4. The summed E-state index contributed by atoms with van der Waals surface area (Å²) in [6, 6.07) is 3.19. The van der Waals surface area contributed by atoms with Gasteiger partial charge in [-0.2, -0.15) is 0 Å². The number of aliphatic hydroxyl groups excluding tert-OH is 1. The second-order valence-electron chi connectivity index (χ2n) is 3.47. The topological polar surface area (TPSA) is 84.8 Å². The summed E-state index contributed by atoms with van der Waals surface area (Å²) in [5, 5.41) is 16.7. The van der Waals surface area contributed by atoms with E-state index in [9.17, 15) is 4.79 Å². The second kappa shape index (κ2) is 7.57. The Labute approximate surface area is 105 Å². The molecule has 0 saturated heterocycles. The van der Waals surface area contributed by atoms with Crippen molar-refractivity contribution in [3.8, 4) is 0 Å². The largest absolute Gasteiger partial charge is 0.464 e. The van der Waals surface area contributed by atoms with Gasteiger partial charge in [0.1, 0.15) is 0 Å². The summed E-state index contributed by atoms with van der Waals surface area (Å²) < 4.78 is 9.51. The Morgan fingerprint density at radius 1 is 1.33 bits per heavy atom. The third-order valence-electron chi connectivity index (χ3n) is 2.30. The molecule has 1 heterocycles. The standard InChI is InChI=1S/C11H17N3O4/c1-17-8-6-14(5-7-15)10-4-3-9(12-13-10)11(16)18-2/h3-4,15H,5-8H2,1-2H3. The van der Waals surface area contributed by atoms with Gasteiger partial charge in [0.2, 0.25) is 0 Å². The first kappa shape index (κ1) is 14.3. The molecule has 7 heteroatoms. The molecule has 0 bridgehead atoms. The average molecular weight is 255 g/mol. The number of carbonyl (C=O) groups is 1. The maximum atomic E-state index is 11.2. The molecule has 0 aromatic carbocycles. The van der Waals surface area contributed by atoms with Crippen molar-refractivity contribution >= 4 is 11.8 Å². The first-order valence-electron chi connectivity index (χ1n) is 5.49. The van der Waals surface area contributed by atoms with Crippen LogP contribution in [0.3, 0.4) is 0 Å². The SMILES string of the molecule is COCCN(CCO)c1ccc(C(=O)OC)nn1. The number of methoxy groups -OCH3 is 2. The summed E-state index contributed by atoms with van der Waals surface area (Å²) >= 11 is 0. The van der Waals surface area contributed by atoms with E-state index in [4.69, 9.17) is 9.84 Å². The number of hydrogen-bond acceptors (Lipinski definition) is 7. The van der Waals surface area contributed by atoms with E-state index in [1.54, 1.807) is 13.2 Å². The lowest BCUT2D eigenvalue weighted by atomic mass is 10.3. The summed E-state index contributed by atoms with van der Waals surface area (Å²) in [6.07, 6.45) is 0. The van der Waals surface area contributed by atoms with Crippen LogP contribution in [0.4, 0.5) is 5.82 Å². The van der Waals surface area contributed by atoms with Crippen molar-refractivity contribution in [3.63, 3.8) is 0 Å². The van der Waals surface area contributed by atoms with Crippen LogP contribution in [0.25, 0.3) is 0 Å². The van der Waals surface area contributed by atoms with Gasteiger partial charge in [-0.1, -0.05) is 0 Å². The first-order chi connectivity index (χ1) is 8.72. The molecule has 100 valence electrons. The van der Waals surface area contributed by atoms with Crippen molar-refractivity contribution in [2.24, 2.45) is 0 Å². The number of hydrogen-bond donors (Lipinski definition) is 1. The zero-order valence-corrected chi connectivity index (χ0v) is 10.5. The molecule has 0 saturated carbocycles. The normalized spacial score (nSPS) is 10.2. The fourth-order valence-corrected chi connectivity index (χ4v) is 1.37. The van der Waals surface area contributed by atoms with Crippen molar-refractivity contribution in [2.45, 2.75) is 0 Å². The number of aromatic nitrogens is 2. The highest BCUT2D eigenvalue weighted by Crippen LogP contribution is 2.09. The minimum absolute atomic E-state index is 0.00411. The second-order valence-corrected chi connectivity index (χ2v) is 3.47. The van der Waals surface area contributed by atoms with Gasteiger partial charge in [0.15, 0.2) is 11.5 Å². The van der Waals surface area contributed by atoms with E-state index in [1.165, 1.54) is 13.2 Å². The van der Waals surface area contributed by atoms with Crippen molar-refractivity contribution in [2.75, 3.05) is 45.4 Å². The molecule has 18 heavy (non-hydrogen) atoms. The maximum Gasteiger partial charge on any atom is 0.358 e. The minimum Gasteiger partial charge on any atom is -0.464 e. The van der Waals surface area contributed by atoms with Crippen LogP contribution in [-0.4, -0.2) is 61.8 Å². The zero-order chi connectivity index (χ0) is 13.4. The molecule has 0 aliphatic rings. The Hall–Kier alpha value is -1.73. The Kier molecular flexibility index (Phi) is 6.03. The van der Waals surface area contributed by atoms with Crippen LogP contribution < -0.4 is 4.90 Å². The van der Waals surface area contributed by atoms with Gasteiger partial charge < -0.3 is 19.5 Å². The van der Waals surface area contributed by atoms with E-state index in [2.05, 4.69) is 14.9 Å². The molecule has 0 radical (unpaired) electrons. The predicted octanol–water partition coefficient (Wildman–Crippen LogP) is -0.292. The maximum absolute atomic E-state index is 11.2. The number of aliphatic hydroxyl groups is 1. The molecule has 7 nitrogen and oxygen atoms in total. The summed E-state index contributed by atoms with van der Waals surface area (Å²) in [5.74, 6) is 0.0494. The highest BCUT2D eigenvalue weighted by Gasteiger charge is 2.11. The molecule has 1 rings (SSSR count). The average Bonchev–Trinajstić information content (AvgIpc) is 2.43. The van der Waals surface area contributed by atoms with Crippen LogP contribution in [0.1, 0.15) is 10.5 Å². The zero-order valence-electron chi connectivity index (χ0n) is 10.5. The van der Waals surface area contributed by atoms with Crippen LogP contribution in [0, 0.1) is 0 Å². The van der Waals surface area contributed by atoms with Gasteiger partial charge in [0.05, 0.1) is 20.3 Å². The van der Waals surface area contributed by atoms with E-state index >= 15 is 0 Å². The predicted molar refractivity (Wildman–Crippen MR) is 64.5 cm³/mol. The van der Waals surface area contributed by atoms with Gasteiger partial charge in [-0.3, -0.25) is 0 Å². The van der Waals surface area contributed by atoms with Crippen LogP contribution in [0.5, 0.6) is 0 Å². The van der Waals surface area contributed by atoms with Gasteiger partial charge in [-0.25, -0.2) is 4.79 Å². The smallest absolute Gasteiger partial charge is 0.358 e. The monoisotopic (exact) mass is 255 g/mol. The van der Waals surface area contributed by atoms with Crippen molar-refractivity contribution in [1.29, 1.82) is 0 Å². The van der Waals surface area contributed by atoms with E-state index in [-0.39, 0.29) is 12.3 Å². The number of ether oxygens (including phenoxy) is 2. The minimum atomic E-state index is -0.528. The quantitative estimate of drug-likeness (QED) is 0.670. The van der Waals surface area contributed by atoms with E-state index in [0.29, 0.717) is 25.5 Å².